The van der Waals surface area contributed by atoms with E-state index in [2.05, 4.69) is 11.6 Å². The largest absolute Gasteiger partial charge is 0.324 e. The average Bonchev–Trinajstić information content (AvgIpc) is 2.04. The van der Waals surface area contributed by atoms with Crippen LogP contribution in [0.25, 0.3) is 6.08 Å². The molecule has 2 heteroatoms. The van der Waals surface area contributed by atoms with E-state index < -0.39 is 0 Å². The van der Waals surface area contributed by atoms with Crippen molar-refractivity contribution in [3.8, 4) is 0 Å². The monoisotopic (exact) mass is 148 g/mol. The Morgan fingerprint density at radius 2 is 2.45 bits per heavy atom. The first-order chi connectivity index (χ1) is 5.25. The van der Waals surface area contributed by atoms with Crippen LogP contribution in [0, 0.1) is 0 Å². The summed E-state index contributed by atoms with van der Waals surface area (Å²) in [5.74, 6) is 0. The summed E-state index contributed by atoms with van der Waals surface area (Å²) < 4.78 is 0. The number of nitrogens with zero attached hydrogens (tertiary/aromatic N) is 1. The average molecular weight is 148 g/mol. The van der Waals surface area contributed by atoms with Gasteiger partial charge in [-0.1, -0.05) is 12.7 Å². The normalized spacial score (nSPS) is 12.5. The lowest BCUT2D eigenvalue weighted by molar-refractivity contribution is 0.809. The van der Waals surface area contributed by atoms with Crippen LogP contribution in [0.2, 0.25) is 0 Å². The van der Waals surface area contributed by atoms with E-state index in [1.165, 1.54) is 0 Å². The zero-order valence-electron chi connectivity index (χ0n) is 6.62. The maximum Gasteiger partial charge on any atom is 0.0321 e. The molecule has 0 aromatic carbocycles. The van der Waals surface area contributed by atoms with Gasteiger partial charge in [-0.25, -0.2) is 0 Å². The van der Waals surface area contributed by atoms with Gasteiger partial charge in [-0.05, 0) is 24.1 Å². The summed E-state index contributed by atoms with van der Waals surface area (Å²) >= 11 is 0. The molecule has 0 bridgehead atoms. The second-order valence-electron chi connectivity index (χ2n) is 2.50. The second kappa shape index (κ2) is 3.30. The number of aromatic nitrogens is 1. The number of pyridine rings is 1. The van der Waals surface area contributed by atoms with Gasteiger partial charge in [-0.2, -0.15) is 0 Å². The minimum absolute atomic E-state index is 0.0247. The molecule has 2 N–H and O–H groups in total. The summed E-state index contributed by atoms with van der Waals surface area (Å²) in [6.45, 7) is 5.63. The van der Waals surface area contributed by atoms with E-state index in [-0.39, 0.29) is 6.04 Å². The van der Waals surface area contributed by atoms with Gasteiger partial charge in [-0.15, -0.1) is 0 Å². The molecule has 0 spiro atoms. The fraction of sp³-hybridized carbons (Fsp3) is 0.222. The predicted molar refractivity (Wildman–Crippen MR) is 46.9 cm³/mol. The number of hydrogen-bond donors (Lipinski definition) is 1. The van der Waals surface area contributed by atoms with Crippen molar-refractivity contribution in [2.75, 3.05) is 0 Å². The number of nitrogens with two attached hydrogens (primary N) is 1. The van der Waals surface area contributed by atoms with E-state index in [1.54, 1.807) is 18.5 Å². The quantitative estimate of drug-likeness (QED) is 0.693. The molecule has 0 aliphatic rings. The van der Waals surface area contributed by atoms with Crippen molar-refractivity contribution >= 4 is 6.08 Å². The number of rotatable bonds is 2. The highest BCUT2D eigenvalue weighted by molar-refractivity contribution is 5.51. The van der Waals surface area contributed by atoms with Crippen molar-refractivity contribution in [1.29, 1.82) is 0 Å². The van der Waals surface area contributed by atoms with Crippen LogP contribution in [0.15, 0.2) is 25.0 Å². The zero-order valence-corrected chi connectivity index (χ0v) is 6.62. The highest BCUT2D eigenvalue weighted by atomic mass is 14.7. The Morgan fingerprint density at radius 3 is 2.91 bits per heavy atom. The predicted octanol–water partition coefficient (Wildman–Crippen LogP) is 1.74. The molecule has 58 valence electrons. The standard InChI is InChI=1S/C9H12N2/c1-3-8-4-5-11-6-9(8)7(2)10/h3-7H,1,10H2,2H3. The molecule has 1 heterocycles. The highest BCUT2D eigenvalue weighted by Crippen LogP contribution is 2.14. The smallest absolute Gasteiger partial charge is 0.0321 e. The summed E-state index contributed by atoms with van der Waals surface area (Å²) in [6.07, 6.45) is 5.31. The maximum atomic E-state index is 5.70. The first-order valence-corrected chi connectivity index (χ1v) is 3.57. The molecule has 1 aromatic rings. The molecule has 1 aromatic heterocycles. The van der Waals surface area contributed by atoms with Crippen LogP contribution in [-0.4, -0.2) is 4.98 Å². The fourth-order valence-corrected chi connectivity index (χ4v) is 0.984. The van der Waals surface area contributed by atoms with Crippen LogP contribution >= 0.6 is 0 Å². The van der Waals surface area contributed by atoms with Gasteiger partial charge >= 0.3 is 0 Å². The third kappa shape index (κ3) is 1.65. The summed E-state index contributed by atoms with van der Waals surface area (Å²) in [4.78, 5) is 3.99. The Labute approximate surface area is 66.8 Å². The Hall–Kier alpha value is -1.15. The van der Waals surface area contributed by atoms with E-state index in [9.17, 15) is 0 Å². The molecular weight excluding hydrogens is 136 g/mol. The van der Waals surface area contributed by atoms with E-state index >= 15 is 0 Å². The van der Waals surface area contributed by atoms with Gasteiger partial charge in [0.1, 0.15) is 0 Å². The van der Waals surface area contributed by atoms with Gasteiger partial charge in [0, 0.05) is 18.4 Å². The maximum absolute atomic E-state index is 5.70. The minimum atomic E-state index is 0.0247. The van der Waals surface area contributed by atoms with Crippen molar-refractivity contribution in [2.45, 2.75) is 13.0 Å². The summed E-state index contributed by atoms with van der Waals surface area (Å²) in [7, 11) is 0. The van der Waals surface area contributed by atoms with Gasteiger partial charge in [-0.3, -0.25) is 4.98 Å². The van der Waals surface area contributed by atoms with Crippen LogP contribution in [-0.2, 0) is 0 Å². The van der Waals surface area contributed by atoms with Crippen molar-refractivity contribution in [3.63, 3.8) is 0 Å². The van der Waals surface area contributed by atoms with Gasteiger partial charge in [0.2, 0.25) is 0 Å². The lowest BCUT2D eigenvalue weighted by Gasteiger charge is -2.07. The van der Waals surface area contributed by atoms with E-state index in [0.29, 0.717) is 0 Å². The van der Waals surface area contributed by atoms with Crippen molar-refractivity contribution in [1.82, 2.24) is 4.98 Å². The van der Waals surface area contributed by atoms with Crippen molar-refractivity contribution < 1.29 is 0 Å². The molecule has 0 aliphatic heterocycles. The van der Waals surface area contributed by atoms with Crippen LogP contribution in [0.4, 0.5) is 0 Å². The molecule has 1 atom stereocenters. The number of hydrogen-bond acceptors (Lipinski definition) is 2. The molecule has 0 radical (unpaired) electrons. The Balaban J connectivity index is 3.12. The SMILES string of the molecule is C=Cc1ccncc1C(C)N. The van der Waals surface area contributed by atoms with Crippen LogP contribution in [0.3, 0.4) is 0 Å². The van der Waals surface area contributed by atoms with Gasteiger partial charge < -0.3 is 5.73 Å². The Bertz CT molecular complexity index is 253. The highest BCUT2D eigenvalue weighted by Gasteiger charge is 2.02. The third-order valence-electron chi connectivity index (χ3n) is 1.60. The van der Waals surface area contributed by atoms with Crippen LogP contribution in [0.5, 0.6) is 0 Å². The Morgan fingerprint density at radius 1 is 1.73 bits per heavy atom. The van der Waals surface area contributed by atoms with Crippen LogP contribution in [0.1, 0.15) is 24.1 Å². The molecule has 2 nitrogen and oxygen atoms in total. The van der Waals surface area contributed by atoms with E-state index in [1.807, 2.05) is 13.0 Å². The van der Waals surface area contributed by atoms with Crippen molar-refractivity contribution in [2.24, 2.45) is 5.73 Å². The fourth-order valence-electron chi connectivity index (χ4n) is 0.984. The van der Waals surface area contributed by atoms with Gasteiger partial charge in [0.05, 0.1) is 0 Å². The minimum Gasteiger partial charge on any atom is -0.324 e. The van der Waals surface area contributed by atoms with Gasteiger partial charge in [0.25, 0.3) is 0 Å². The lowest BCUT2D eigenvalue weighted by Crippen LogP contribution is -2.06. The molecule has 0 fully saturated rings. The van der Waals surface area contributed by atoms with E-state index in [4.69, 9.17) is 5.73 Å². The molecule has 0 saturated carbocycles. The first-order valence-electron chi connectivity index (χ1n) is 3.57. The second-order valence-corrected chi connectivity index (χ2v) is 2.50. The van der Waals surface area contributed by atoms with Crippen LogP contribution < -0.4 is 5.73 Å². The van der Waals surface area contributed by atoms with Gasteiger partial charge in [0.15, 0.2) is 0 Å². The topological polar surface area (TPSA) is 38.9 Å². The molecular formula is C9H12N2. The summed E-state index contributed by atoms with van der Waals surface area (Å²) in [5.41, 5.74) is 7.81. The van der Waals surface area contributed by atoms with Crippen molar-refractivity contribution in [3.05, 3.63) is 36.2 Å². The molecule has 0 amide bonds. The first kappa shape index (κ1) is 7.95. The Kier molecular flexibility index (Phi) is 2.39. The summed E-state index contributed by atoms with van der Waals surface area (Å²) in [6, 6.07) is 1.93. The summed E-state index contributed by atoms with van der Waals surface area (Å²) in [5, 5.41) is 0. The molecule has 1 rings (SSSR count). The lowest BCUT2D eigenvalue weighted by atomic mass is 10.1. The third-order valence-corrected chi connectivity index (χ3v) is 1.60. The molecule has 11 heavy (non-hydrogen) atoms. The molecule has 1 unspecified atom stereocenters. The molecule has 0 saturated heterocycles. The molecule has 0 aliphatic carbocycles. The van der Waals surface area contributed by atoms with E-state index in [0.717, 1.165) is 11.1 Å². The zero-order chi connectivity index (χ0) is 8.27.